The van der Waals surface area contributed by atoms with Gasteiger partial charge in [0.15, 0.2) is 0 Å². The van der Waals surface area contributed by atoms with Crippen LogP contribution in [0.15, 0.2) is 65.3 Å². The third-order valence-corrected chi connectivity index (χ3v) is 3.06. The Labute approximate surface area is 142 Å². The number of rotatable bonds is 4. The third kappa shape index (κ3) is 5.22. The van der Waals surface area contributed by atoms with Gasteiger partial charge >= 0.3 is 6.18 Å². The van der Waals surface area contributed by atoms with Crippen LogP contribution in [0.5, 0.6) is 0 Å². The van der Waals surface area contributed by atoms with Crippen LogP contribution in [0.1, 0.15) is 11.1 Å². The minimum Gasteiger partial charge on any atom is -0.351 e. The molecular weight excluding hydrogens is 329 g/mol. The van der Waals surface area contributed by atoms with Gasteiger partial charge in [-0.3, -0.25) is 4.99 Å². The molecule has 2 aromatic rings. The molecule has 4 nitrogen and oxygen atoms in total. The molecule has 124 valence electrons. The summed E-state index contributed by atoms with van der Waals surface area (Å²) in [7, 11) is 0. The second-order valence-electron chi connectivity index (χ2n) is 4.83. The molecule has 2 rings (SSSR count). The fraction of sp³-hybridized carbons (Fsp3) is 0.0556. The van der Waals surface area contributed by atoms with Crippen LogP contribution in [-0.4, -0.2) is 12.4 Å². The van der Waals surface area contributed by atoms with Gasteiger partial charge in [0.1, 0.15) is 5.70 Å². The molecule has 1 N–H and O–H groups in total. The first-order chi connectivity index (χ1) is 11.9. The average molecular weight is 340 g/mol. The molecule has 2 aromatic carbocycles. The number of hydrogen-bond acceptors (Lipinski definition) is 4. The molecule has 0 aliphatic rings. The molecule has 25 heavy (non-hydrogen) atoms. The van der Waals surface area contributed by atoms with Crippen molar-refractivity contribution < 1.29 is 13.2 Å². The fourth-order valence-corrected chi connectivity index (χ4v) is 1.81. The Morgan fingerprint density at radius 2 is 1.44 bits per heavy atom. The lowest BCUT2D eigenvalue weighted by molar-refractivity contribution is -0.0901. The number of allylic oxidation sites excluding steroid dienone is 2. The van der Waals surface area contributed by atoms with Gasteiger partial charge in [-0.15, -0.1) is 0 Å². The maximum absolute atomic E-state index is 13.1. The van der Waals surface area contributed by atoms with Crippen molar-refractivity contribution in [2.75, 3.05) is 5.32 Å². The van der Waals surface area contributed by atoms with E-state index >= 15 is 0 Å². The molecule has 0 bridgehead atoms. The molecular formula is C18H11F3N4. The summed E-state index contributed by atoms with van der Waals surface area (Å²) in [5.41, 5.74) is 0.428. The first-order valence-electron chi connectivity index (χ1n) is 7.01. The molecule has 0 saturated heterocycles. The minimum absolute atomic E-state index is 0.203. The van der Waals surface area contributed by atoms with Crippen molar-refractivity contribution in [2.24, 2.45) is 4.99 Å². The van der Waals surface area contributed by atoms with E-state index in [1.807, 2.05) is 12.1 Å². The molecule has 0 saturated carbocycles. The number of halogens is 3. The highest BCUT2D eigenvalue weighted by Gasteiger charge is 2.33. The lowest BCUT2D eigenvalue weighted by Gasteiger charge is -2.13. The Bertz CT molecular complexity index is 865. The molecule has 0 aliphatic carbocycles. The fourth-order valence-electron chi connectivity index (χ4n) is 1.81. The van der Waals surface area contributed by atoms with E-state index in [0.717, 1.165) is 12.3 Å². The van der Waals surface area contributed by atoms with E-state index in [1.54, 1.807) is 0 Å². The van der Waals surface area contributed by atoms with Crippen molar-refractivity contribution in [1.82, 2.24) is 0 Å². The van der Waals surface area contributed by atoms with E-state index in [1.165, 1.54) is 48.5 Å². The van der Waals surface area contributed by atoms with Crippen molar-refractivity contribution in [3.63, 3.8) is 0 Å². The molecule has 7 heteroatoms. The predicted molar refractivity (Wildman–Crippen MR) is 88.2 cm³/mol. The van der Waals surface area contributed by atoms with Crippen LogP contribution in [0.4, 0.5) is 24.5 Å². The largest absolute Gasteiger partial charge is 0.431 e. The van der Waals surface area contributed by atoms with Crippen molar-refractivity contribution in [3.05, 3.63) is 71.4 Å². The van der Waals surface area contributed by atoms with E-state index in [9.17, 15) is 13.2 Å². The van der Waals surface area contributed by atoms with E-state index < -0.39 is 11.9 Å². The van der Waals surface area contributed by atoms with Crippen LogP contribution in [0.2, 0.25) is 0 Å². The summed E-state index contributed by atoms with van der Waals surface area (Å²) in [6, 6.07) is 15.6. The van der Waals surface area contributed by atoms with Gasteiger partial charge in [-0.05, 0) is 54.6 Å². The second kappa shape index (κ2) is 7.80. The quantitative estimate of drug-likeness (QED) is 0.821. The Kier molecular flexibility index (Phi) is 5.54. The first-order valence-corrected chi connectivity index (χ1v) is 7.01. The molecule has 0 fully saturated rings. The van der Waals surface area contributed by atoms with Crippen molar-refractivity contribution in [2.45, 2.75) is 6.18 Å². The van der Waals surface area contributed by atoms with Crippen LogP contribution in [0.3, 0.4) is 0 Å². The SMILES string of the molecule is N#Cc1ccc(N=C/C=C(\Nc2ccc(C#N)cc2)C(F)(F)F)cc1. The summed E-state index contributed by atoms with van der Waals surface area (Å²) in [6.07, 6.45) is -2.75. The van der Waals surface area contributed by atoms with E-state index in [0.29, 0.717) is 16.8 Å². The summed E-state index contributed by atoms with van der Waals surface area (Å²) in [5.74, 6) is 0. The lowest BCUT2D eigenvalue weighted by atomic mass is 10.2. The van der Waals surface area contributed by atoms with Crippen LogP contribution in [0.25, 0.3) is 0 Å². The molecule has 0 radical (unpaired) electrons. The molecule has 0 aliphatic heterocycles. The highest BCUT2D eigenvalue weighted by atomic mass is 19.4. The summed E-state index contributed by atoms with van der Waals surface area (Å²) in [4.78, 5) is 3.91. The Morgan fingerprint density at radius 1 is 0.920 bits per heavy atom. The Hall–Kier alpha value is -3.58. The zero-order valence-corrected chi connectivity index (χ0v) is 12.7. The van der Waals surface area contributed by atoms with Crippen LogP contribution >= 0.6 is 0 Å². The van der Waals surface area contributed by atoms with Gasteiger partial charge in [0, 0.05) is 11.9 Å². The predicted octanol–water partition coefficient (Wildman–Crippen LogP) is 4.69. The van der Waals surface area contributed by atoms with Gasteiger partial charge in [-0.25, -0.2) is 0 Å². The summed E-state index contributed by atoms with van der Waals surface area (Å²) in [6.45, 7) is 0. The van der Waals surface area contributed by atoms with Crippen LogP contribution < -0.4 is 5.32 Å². The number of nitrogens with one attached hydrogen (secondary N) is 1. The van der Waals surface area contributed by atoms with E-state index in [2.05, 4.69) is 10.3 Å². The number of benzene rings is 2. The van der Waals surface area contributed by atoms with E-state index in [4.69, 9.17) is 10.5 Å². The van der Waals surface area contributed by atoms with Crippen molar-refractivity contribution in [1.29, 1.82) is 10.5 Å². The normalized spacial score (nSPS) is 11.8. The number of alkyl halides is 3. The van der Waals surface area contributed by atoms with Gasteiger partial charge in [-0.1, -0.05) is 0 Å². The highest BCUT2D eigenvalue weighted by Crippen LogP contribution is 2.27. The second-order valence-corrected chi connectivity index (χ2v) is 4.83. The molecule has 0 heterocycles. The lowest BCUT2D eigenvalue weighted by Crippen LogP contribution is -2.19. The first kappa shape index (κ1) is 17.8. The molecule has 0 aromatic heterocycles. The van der Waals surface area contributed by atoms with Crippen LogP contribution in [0, 0.1) is 22.7 Å². The summed E-state index contributed by atoms with van der Waals surface area (Å²) >= 11 is 0. The van der Waals surface area contributed by atoms with Crippen molar-refractivity contribution >= 4 is 17.6 Å². The van der Waals surface area contributed by atoms with Gasteiger partial charge < -0.3 is 5.32 Å². The maximum Gasteiger partial charge on any atom is 0.431 e. The monoisotopic (exact) mass is 340 g/mol. The average Bonchev–Trinajstić information content (AvgIpc) is 2.61. The summed E-state index contributed by atoms with van der Waals surface area (Å²) < 4.78 is 39.3. The smallest absolute Gasteiger partial charge is 0.351 e. The van der Waals surface area contributed by atoms with Crippen molar-refractivity contribution in [3.8, 4) is 12.1 Å². The number of nitrogens with zero attached hydrogens (tertiary/aromatic N) is 3. The zero-order chi connectivity index (χ0) is 18.3. The van der Waals surface area contributed by atoms with Gasteiger partial charge in [-0.2, -0.15) is 23.7 Å². The summed E-state index contributed by atoms with van der Waals surface area (Å²) in [5, 5.41) is 19.7. The van der Waals surface area contributed by atoms with E-state index in [-0.39, 0.29) is 5.69 Å². The zero-order valence-electron chi connectivity index (χ0n) is 12.7. The maximum atomic E-state index is 13.1. The molecule has 0 spiro atoms. The van der Waals surface area contributed by atoms with Crippen LogP contribution in [-0.2, 0) is 0 Å². The third-order valence-electron chi connectivity index (χ3n) is 3.06. The minimum atomic E-state index is -4.59. The number of nitriles is 2. The Balaban J connectivity index is 2.18. The molecule has 0 atom stereocenters. The Morgan fingerprint density at radius 3 is 1.92 bits per heavy atom. The molecule has 0 amide bonds. The number of hydrogen-bond donors (Lipinski definition) is 1. The number of anilines is 1. The molecule has 0 unspecified atom stereocenters. The number of aliphatic imine (C=N–C) groups is 1. The van der Waals surface area contributed by atoms with Gasteiger partial charge in [0.25, 0.3) is 0 Å². The van der Waals surface area contributed by atoms with Gasteiger partial charge in [0.2, 0.25) is 0 Å². The topological polar surface area (TPSA) is 72.0 Å². The standard InChI is InChI=1S/C18H11F3N4/c19-18(20,21)17(25-16-7-3-14(12-23)4-8-16)9-10-24-15-5-1-13(11-22)2-6-15/h1-10,25H/b17-9-,24-10?. The van der Waals surface area contributed by atoms with Gasteiger partial charge in [0.05, 0.1) is 29.0 Å². The highest BCUT2D eigenvalue weighted by molar-refractivity contribution is 5.77.